The van der Waals surface area contributed by atoms with Gasteiger partial charge in [0.2, 0.25) is 0 Å². The molecular weight excluding hydrogens is 232 g/mol. The van der Waals surface area contributed by atoms with Gasteiger partial charge < -0.3 is 20.4 Å². The molecule has 0 aliphatic heterocycles. The van der Waals surface area contributed by atoms with Gasteiger partial charge in [0.05, 0.1) is 24.4 Å². The normalized spacial score (nSPS) is 18.3. The highest BCUT2D eigenvalue weighted by Crippen LogP contribution is 2.14. The molecule has 0 rings (SSSR count). The van der Waals surface area contributed by atoms with E-state index in [1.807, 2.05) is 13.8 Å². The Bertz CT molecular complexity index is 167. The van der Waals surface area contributed by atoms with Gasteiger partial charge in [-0.25, -0.2) is 0 Å². The van der Waals surface area contributed by atoms with E-state index in [-0.39, 0.29) is 0 Å². The standard InChI is InChI=1S/C14H30O4/c1-3-5-11(15)9-13(17)7-8-14(18)10-12(16)6-4-2/h11-18H,3-10H2,1-2H3. The molecule has 4 atom stereocenters. The molecule has 0 aliphatic carbocycles. The summed E-state index contributed by atoms with van der Waals surface area (Å²) in [5, 5.41) is 38.5. The summed E-state index contributed by atoms with van der Waals surface area (Å²) >= 11 is 0. The predicted octanol–water partition coefficient (Wildman–Crippen LogP) is 1.59. The number of hydrogen-bond acceptors (Lipinski definition) is 4. The Morgan fingerprint density at radius 2 is 0.833 bits per heavy atom. The van der Waals surface area contributed by atoms with Crippen LogP contribution < -0.4 is 0 Å². The molecule has 4 heteroatoms. The first-order valence-corrected chi connectivity index (χ1v) is 7.21. The second kappa shape index (κ2) is 10.7. The van der Waals surface area contributed by atoms with E-state index in [0.717, 1.165) is 12.8 Å². The van der Waals surface area contributed by atoms with Gasteiger partial charge in [-0.05, 0) is 38.5 Å². The Kier molecular flexibility index (Phi) is 10.6. The average molecular weight is 262 g/mol. The lowest BCUT2D eigenvalue weighted by molar-refractivity contribution is 0.0404. The van der Waals surface area contributed by atoms with Crippen LogP contribution in [0.3, 0.4) is 0 Å². The highest BCUT2D eigenvalue weighted by molar-refractivity contribution is 4.68. The van der Waals surface area contributed by atoms with E-state index in [2.05, 4.69) is 0 Å². The molecule has 0 aromatic heterocycles. The van der Waals surface area contributed by atoms with Gasteiger partial charge in [0.1, 0.15) is 0 Å². The van der Waals surface area contributed by atoms with Crippen molar-refractivity contribution in [1.29, 1.82) is 0 Å². The Morgan fingerprint density at radius 1 is 0.556 bits per heavy atom. The van der Waals surface area contributed by atoms with Crippen molar-refractivity contribution in [3.05, 3.63) is 0 Å². The minimum Gasteiger partial charge on any atom is -0.393 e. The molecule has 0 aliphatic rings. The monoisotopic (exact) mass is 262 g/mol. The van der Waals surface area contributed by atoms with Gasteiger partial charge in [-0.3, -0.25) is 0 Å². The maximum atomic E-state index is 9.70. The smallest absolute Gasteiger partial charge is 0.0565 e. The molecule has 4 unspecified atom stereocenters. The van der Waals surface area contributed by atoms with E-state index in [9.17, 15) is 20.4 Å². The molecule has 4 nitrogen and oxygen atoms in total. The van der Waals surface area contributed by atoms with Gasteiger partial charge in [0, 0.05) is 0 Å². The van der Waals surface area contributed by atoms with Crippen LogP contribution in [-0.2, 0) is 0 Å². The van der Waals surface area contributed by atoms with Crippen molar-refractivity contribution < 1.29 is 20.4 Å². The second-order valence-electron chi connectivity index (χ2n) is 5.24. The van der Waals surface area contributed by atoms with Gasteiger partial charge in [0.15, 0.2) is 0 Å². The molecule has 0 radical (unpaired) electrons. The maximum Gasteiger partial charge on any atom is 0.0565 e. The van der Waals surface area contributed by atoms with Crippen LogP contribution in [0.2, 0.25) is 0 Å². The van der Waals surface area contributed by atoms with Crippen LogP contribution in [0.1, 0.15) is 65.2 Å². The van der Waals surface area contributed by atoms with E-state index >= 15 is 0 Å². The minimum absolute atomic E-state index is 0.373. The first kappa shape index (κ1) is 17.8. The summed E-state index contributed by atoms with van der Waals surface area (Å²) in [6.07, 6.45) is 2.87. The Hall–Kier alpha value is -0.160. The SMILES string of the molecule is CCCC(O)CC(O)CCC(O)CC(O)CCC. The number of hydrogen-bond donors (Lipinski definition) is 4. The minimum atomic E-state index is -0.565. The fourth-order valence-electron chi connectivity index (χ4n) is 2.15. The first-order chi connectivity index (χ1) is 8.49. The third kappa shape index (κ3) is 9.83. The Labute approximate surface area is 111 Å². The molecule has 0 amide bonds. The van der Waals surface area contributed by atoms with Crippen molar-refractivity contribution in [1.82, 2.24) is 0 Å². The van der Waals surface area contributed by atoms with E-state index in [1.54, 1.807) is 0 Å². The fourth-order valence-corrected chi connectivity index (χ4v) is 2.15. The Morgan fingerprint density at radius 3 is 1.11 bits per heavy atom. The van der Waals surface area contributed by atoms with Crippen LogP contribution in [0, 0.1) is 0 Å². The lowest BCUT2D eigenvalue weighted by atomic mass is 9.99. The Balaban J connectivity index is 3.67. The lowest BCUT2D eigenvalue weighted by Gasteiger charge is -2.18. The summed E-state index contributed by atoms with van der Waals surface area (Å²) < 4.78 is 0. The summed E-state index contributed by atoms with van der Waals surface area (Å²) in [6, 6.07) is 0. The number of rotatable bonds is 11. The van der Waals surface area contributed by atoms with Crippen molar-refractivity contribution in [2.45, 2.75) is 89.6 Å². The molecule has 0 fully saturated rings. The van der Waals surface area contributed by atoms with Crippen LogP contribution in [0.25, 0.3) is 0 Å². The predicted molar refractivity (Wildman–Crippen MR) is 72.3 cm³/mol. The summed E-state index contributed by atoms with van der Waals surface area (Å²) in [5.74, 6) is 0. The molecule has 0 bridgehead atoms. The molecule has 0 aromatic carbocycles. The zero-order valence-corrected chi connectivity index (χ0v) is 11.8. The molecule has 110 valence electrons. The largest absolute Gasteiger partial charge is 0.393 e. The lowest BCUT2D eigenvalue weighted by Crippen LogP contribution is -2.22. The highest BCUT2D eigenvalue weighted by atomic mass is 16.3. The van der Waals surface area contributed by atoms with Crippen molar-refractivity contribution in [3.8, 4) is 0 Å². The topological polar surface area (TPSA) is 80.9 Å². The highest BCUT2D eigenvalue weighted by Gasteiger charge is 2.15. The third-order valence-corrected chi connectivity index (χ3v) is 3.17. The molecule has 0 aromatic rings. The average Bonchev–Trinajstić information content (AvgIpc) is 2.27. The van der Waals surface area contributed by atoms with E-state index in [4.69, 9.17) is 0 Å². The van der Waals surface area contributed by atoms with Crippen molar-refractivity contribution in [3.63, 3.8) is 0 Å². The molecule has 0 heterocycles. The summed E-state index contributed by atoms with van der Waals surface area (Å²) in [4.78, 5) is 0. The van der Waals surface area contributed by atoms with Crippen molar-refractivity contribution >= 4 is 0 Å². The van der Waals surface area contributed by atoms with Crippen molar-refractivity contribution in [2.24, 2.45) is 0 Å². The van der Waals surface area contributed by atoms with Gasteiger partial charge >= 0.3 is 0 Å². The van der Waals surface area contributed by atoms with Crippen LogP contribution in [-0.4, -0.2) is 44.8 Å². The maximum absolute atomic E-state index is 9.70. The molecule has 0 saturated carbocycles. The van der Waals surface area contributed by atoms with E-state index in [0.29, 0.717) is 38.5 Å². The van der Waals surface area contributed by atoms with E-state index in [1.165, 1.54) is 0 Å². The van der Waals surface area contributed by atoms with Crippen LogP contribution in [0.15, 0.2) is 0 Å². The fraction of sp³-hybridized carbons (Fsp3) is 1.00. The molecule has 4 N–H and O–H groups in total. The van der Waals surface area contributed by atoms with Crippen molar-refractivity contribution in [2.75, 3.05) is 0 Å². The number of aliphatic hydroxyl groups is 4. The van der Waals surface area contributed by atoms with Gasteiger partial charge in [-0.1, -0.05) is 26.7 Å². The third-order valence-electron chi connectivity index (χ3n) is 3.17. The van der Waals surface area contributed by atoms with E-state index < -0.39 is 24.4 Å². The zero-order valence-electron chi connectivity index (χ0n) is 11.8. The van der Waals surface area contributed by atoms with Gasteiger partial charge in [-0.15, -0.1) is 0 Å². The quantitative estimate of drug-likeness (QED) is 0.456. The first-order valence-electron chi connectivity index (χ1n) is 7.21. The molecule has 18 heavy (non-hydrogen) atoms. The van der Waals surface area contributed by atoms with Crippen LogP contribution in [0.4, 0.5) is 0 Å². The molecule has 0 saturated heterocycles. The zero-order chi connectivity index (χ0) is 14.0. The second-order valence-corrected chi connectivity index (χ2v) is 5.24. The van der Waals surface area contributed by atoms with Gasteiger partial charge in [-0.2, -0.15) is 0 Å². The molecular formula is C14H30O4. The summed E-state index contributed by atoms with van der Waals surface area (Å²) in [5.41, 5.74) is 0. The summed E-state index contributed by atoms with van der Waals surface area (Å²) in [7, 11) is 0. The molecule has 0 spiro atoms. The van der Waals surface area contributed by atoms with Crippen LogP contribution in [0.5, 0.6) is 0 Å². The van der Waals surface area contributed by atoms with Gasteiger partial charge in [0.25, 0.3) is 0 Å². The summed E-state index contributed by atoms with van der Waals surface area (Å²) in [6.45, 7) is 3.99. The number of aliphatic hydroxyl groups excluding tert-OH is 4. The van der Waals surface area contributed by atoms with Crippen LogP contribution >= 0.6 is 0 Å².